The smallest absolute Gasteiger partial charge is 0.251 e. The summed E-state index contributed by atoms with van der Waals surface area (Å²) in [6, 6.07) is 9.76. The van der Waals surface area contributed by atoms with Gasteiger partial charge in [0.1, 0.15) is 0 Å². The van der Waals surface area contributed by atoms with Gasteiger partial charge < -0.3 is 24.7 Å². The molecule has 0 fully saturated rings. The van der Waals surface area contributed by atoms with Gasteiger partial charge in [0.15, 0.2) is 22.5 Å². The zero-order chi connectivity index (χ0) is 24.7. The Bertz CT molecular complexity index is 1190. The second kappa shape index (κ2) is 12.0. The number of anilines is 1. The van der Waals surface area contributed by atoms with Crippen LogP contribution >= 0.6 is 35.0 Å². The summed E-state index contributed by atoms with van der Waals surface area (Å²) < 4.78 is 12.3. The van der Waals surface area contributed by atoms with E-state index in [1.165, 1.54) is 26.0 Å². The number of thioether (sulfide) groups is 1. The number of ether oxygens (including phenoxy) is 2. The monoisotopic (exact) mass is 523 g/mol. The van der Waals surface area contributed by atoms with Crippen molar-refractivity contribution in [1.82, 2.24) is 20.1 Å². The maximum absolute atomic E-state index is 12.6. The summed E-state index contributed by atoms with van der Waals surface area (Å²) in [6.07, 6.45) is 0. The second-order valence-corrected chi connectivity index (χ2v) is 8.64. The predicted octanol–water partition coefficient (Wildman–Crippen LogP) is 4.28. The van der Waals surface area contributed by atoms with E-state index >= 15 is 0 Å². The van der Waals surface area contributed by atoms with Crippen molar-refractivity contribution in [2.24, 2.45) is 0 Å². The van der Waals surface area contributed by atoms with Gasteiger partial charge in [-0.05, 0) is 43.3 Å². The first-order chi connectivity index (χ1) is 16.4. The van der Waals surface area contributed by atoms with Crippen LogP contribution in [0.4, 0.5) is 5.69 Å². The van der Waals surface area contributed by atoms with E-state index in [9.17, 15) is 9.59 Å². The van der Waals surface area contributed by atoms with Crippen molar-refractivity contribution < 1.29 is 19.1 Å². The minimum Gasteiger partial charge on any atom is -0.493 e. The molecule has 1 aromatic heterocycles. The topological polar surface area (TPSA) is 107 Å². The van der Waals surface area contributed by atoms with E-state index in [0.717, 1.165) is 0 Å². The summed E-state index contributed by atoms with van der Waals surface area (Å²) in [5.74, 6) is 1.13. The van der Waals surface area contributed by atoms with Gasteiger partial charge in [-0.2, -0.15) is 0 Å². The molecule has 0 spiro atoms. The molecule has 3 aromatic rings. The van der Waals surface area contributed by atoms with Crippen LogP contribution in [0.15, 0.2) is 41.6 Å². The number of amides is 2. The molecule has 0 radical (unpaired) electrons. The summed E-state index contributed by atoms with van der Waals surface area (Å²) in [5.41, 5.74) is 0.902. The Morgan fingerprint density at radius 2 is 1.82 bits per heavy atom. The fraction of sp³-hybridized carbons (Fsp3) is 0.273. The first-order valence-corrected chi connectivity index (χ1v) is 11.9. The summed E-state index contributed by atoms with van der Waals surface area (Å²) in [6.45, 7) is 2.67. The third-order valence-electron chi connectivity index (χ3n) is 4.70. The largest absolute Gasteiger partial charge is 0.493 e. The van der Waals surface area contributed by atoms with Crippen molar-refractivity contribution in [3.8, 4) is 11.5 Å². The Hall–Kier alpha value is -2.95. The molecule has 0 bridgehead atoms. The van der Waals surface area contributed by atoms with Crippen molar-refractivity contribution in [3.05, 3.63) is 57.8 Å². The number of methoxy groups -OCH3 is 2. The van der Waals surface area contributed by atoms with Crippen molar-refractivity contribution in [1.29, 1.82) is 0 Å². The minimum atomic E-state index is -0.292. The van der Waals surface area contributed by atoms with Crippen LogP contribution in [0.3, 0.4) is 0 Å². The van der Waals surface area contributed by atoms with Crippen molar-refractivity contribution >= 4 is 52.5 Å². The lowest BCUT2D eigenvalue weighted by atomic mass is 10.2. The predicted molar refractivity (Wildman–Crippen MR) is 132 cm³/mol. The molecule has 34 heavy (non-hydrogen) atoms. The average molecular weight is 524 g/mol. The summed E-state index contributed by atoms with van der Waals surface area (Å²) in [5, 5.41) is 15.3. The zero-order valence-electron chi connectivity index (χ0n) is 18.7. The molecular weight excluding hydrogens is 501 g/mol. The molecule has 0 unspecified atom stereocenters. The molecule has 0 aliphatic carbocycles. The van der Waals surface area contributed by atoms with Crippen LogP contribution in [0, 0.1) is 0 Å². The Morgan fingerprint density at radius 1 is 1.06 bits per heavy atom. The van der Waals surface area contributed by atoms with Gasteiger partial charge in [-0.3, -0.25) is 9.59 Å². The summed E-state index contributed by atoms with van der Waals surface area (Å²) in [7, 11) is 3.04. The molecule has 0 aliphatic heterocycles. The van der Waals surface area contributed by atoms with E-state index in [2.05, 4.69) is 20.8 Å². The molecule has 12 heteroatoms. The number of hydrogen-bond donors (Lipinski definition) is 2. The highest BCUT2D eigenvalue weighted by molar-refractivity contribution is 7.99. The molecule has 0 saturated heterocycles. The molecule has 0 atom stereocenters. The van der Waals surface area contributed by atoms with E-state index < -0.39 is 0 Å². The van der Waals surface area contributed by atoms with E-state index in [4.69, 9.17) is 32.7 Å². The lowest BCUT2D eigenvalue weighted by Crippen LogP contribution is -2.25. The fourth-order valence-corrected chi connectivity index (χ4v) is 4.30. The number of aromatic nitrogens is 3. The van der Waals surface area contributed by atoms with Gasteiger partial charge in [-0.1, -0.05) is 35.0 Å². The lowest BCUT2D eigenvalue weighted by molar-refractivity contribution is -0.113. The third kappa shape index (κ3) is 6.34. The van der Waals surface area contributed by atoms with Crippen molar-refractivity contribution in [2.75, 3.05) is 25.3 Å². The quantitative estimate of drug-likeness (QED) is 0.381. The van der Waals surface area contributed by atoms with Crippen LogP contribution in [-0.2, 0) is 17.9 Å². The van der Waals surface area contributed by atoms with E-state index in [-0.39, 0.29) is 24.1 Å². The molecule has 9 nitrogen and oxygen atoms in total. The fourth-order valence-electron chi connectivity index (χ4n) is 3.02. The number of carbonyl (C=O) groups is 2. The molecule has 1 heterocycles. The second-order valence-electron chi connectivity index (χ2n) is 6.86. The third-order valence-corrected chi connectivity index (χ3v) is 6.21. The van der Waals surface area contributed by atoms with Crippen LogP contribution in [0.25, 0.3) is 0 Å². The van der Waals surface area contributed by atoms with Crippen molar-refractivity contribution in [2.45, 2.75) is 25.2 Å². The van der Waals surface area contributed by atoms with Gasteiger partial charge in [0.05, 0.1) is 37.2 Å². The van der Waals surface area contributed by atoms with Gasteiger partial charge in [0, 0.05) is 17.1 Å². The Morgan fingerprint density at radius 3 is 2.50 bits per heavy atom. The minimum absolute atomic E-state index is 0.106. The zero-order valence-corrected chi connectivity index (χ0v) is 21.1. The highest BCUT2D eigenvalue weighted by Gasteiger charge is 2.16. The Kier molecular flexibility index (Phi) is 9.03. The van der Waals surface area contributed by atoms with Gasteiger partial charge in [-0.25, -0.2) is 0 Å². The molecule has 2 aromatic carbocycles. The average Bonchev–Trinajstić information content (AvgIpc) is 3.24. The van der Waals surface area contributed by atoms with Gasteiger partial charge in [0.2, 0.25) is 5.91 Å². The number of nitrogens with one attached hydrogen (secondary N) is 2. The highest BCUT2D eigenvalue weighted by Crippen LogP contribution is 2.28. The van der Waals surface area contributed by atoms with Crippen LogP contribution < -0.4 is 20.1 Å². The number of rotatable bonds is 10. The van der Waals surface area contributed by atoms with E-state index in [0.29, 0.717) is 50.3 Å². The molecule has 0 aliphatic rings. The van der Waals surface area contributed by atoms with Crippen LogP contribution in [-0.4, -0.2) is 46.6 Å². The number of benzene rings is 2. The maximum Gasteiger partial charge on any atom is 0.251 e. The SMILES string of the molecule is CCn1c(CNC(=O)c2ccc(OC)c(OC)c2)nnc1SCC(=O)Nc1ccc(Cl)cc1Cl. The maximum atomic E-state index is 12.6. The van der Waals surface area contributed by atoms with Crippen molar-refractivity contribution in [3.63, 3.8) is 0 Å². The number of carbonyl (C=O) groups excluding carboxylic acids is 2. The Balaban J connectivity index is 1.59. The molecule has 180 valence electrons. The van der Waals surface area contributed by atoms with Gasteiger partial charge in [-0.15, -0.1) is 10.2 Å². The first kappa shape index (κ1) is 25.7. The van der Waals surface area contributed by atoms with Crippen LogP contribution in [0.1, 0.15) is 23.1 Å². The van der Waals surface area contributed by atoms with Crippen LogP contribution in [0.5, 0.6) is 11.5 Å². The molecular formula is C22H23Cl2N5O4S. The summed E-state index contributed by atoms with van der Waals surface area (Å²) >= 11 is 13.2. The molecule has 2 N–H and O–H groups in total. The lowest BCUT2D eigenvalue weighted by Gasteiger charge is -2.11. The molecule has 0 saturated carbocycles. The number of nitrogens with zero attached hydrogens (tertiary/aromatic N) is 3. The number of hydrogen-bond acceptors (Lipinski definition) is 7. The van der Waals surface area contributed by atoms with E-state index in [1.54, 1.807) is 36.4 Å². The normalized spacial score (nSPS) is 10.6. The first-order valence-electron chi connectivity index (χ1n) is 10.2. The van der Waals surface area contributed by atoms with Gasteiger partial charge >= 0.3 is 0 Å². The standard InChI is InChI=1S/C22H23Cl2N5O4S/c1-4-29-19(11-25-21(31)13-5-8-17(32-2)18(9-13)33-3)27-28-22(29)34-12-20(30)26-16-7-6-14(23)10-15(16)24/h5-10H,4,11-12H2,1-3H3,(H,25,31)(H,26,30). The number of halogens is 2. The van der Waals surface area contributed by atoms with E-state index in [1.807, 2.05) is 11.5 Å². The molecule has 3 rings (SSSR count). The Labute approximate surface area is 211 Å². The molecule has 2 amide bonds. The van der Waals surface area contributed by atoms with Gasteiger partial charge in [0.25, 0.3) is 5.91 Å². The summed E-state index contributed by atoms with van der Waals surface area (Å²) in [4.78, 5) is 24.9. The highest BCUT2D eigenvalue weighted by atomic mass is 35.5. The van der Waals surface area contributed by atoms with Crippen LogP contribution in [0.2, 0.25) is 10.0 Å².